The predicted octanol–water partition coefficient (Wildman–Crippen LogP) is 3.47. The lowest BCUT2D eigenvalue weighted by atomic mass is 9.50. The van der Waals surface area contributed by atoms with Crippen LogP contribution in [0.25, 0.3) is 0 Å². The molecule has 5 aliphatic rings. The van der Waals surface area contributed by atoms with Crippen molar-refractivity contribution in [2.24, 2.45) is 17.8 Å². The first-order valence-corrected chi connectivity index (χ1v) is 10.4. The zero-order chi connectivity index (χ0) is 17.6. The Hall–Kier alpha value is -1.26. The Bertz CT molecular complexity index is 807. The summed E-state index contributed by atoms with van der Waals surface area (Å²) in [5.41, 5.74) is 2.31. The number of rotatable bonds is 2. The summed E-state index contributed by atoms with van der Waals surface area (Å²) in [6.45, 7) is 4.36. The van der Waals surface area contributed by atoms with E-state index in [9.17, 15) is 9.90 Å². The van der Waals surface area contributed by atoms with Crippen molar-refractivity contribution in [2.75, 3.05) is 13.1 Å². The van der Waals surface area contributed by atoms with Crippen LogP contribution in [-0.2, 0) is 16.6 Å². The largest absolute Gasteiger partial charge is 0.504 e. The first-order chi connectivity index (χ1) is 12.6. The summed E-state index contributed by atoms with van der Waals surface area (Å²) in [5.74, 6) is 2.48. The molecule has 146 valence electrons. The molecule has 0 amide bonds. The standard InChI is InChI=1S/C22H27NO3.ClH/c1-12-9-15-16-10-14-5-6-17(24)20-18(14)22(15,21(26-20)19(12)25)7-8-23(16)11-13-3-2-4-13;/h5-6,12-13,15-16,21,24H,2-4,7-11H2,1H3;1H/t12?,15-,16+,21?,22-;/m0./s1. The summed E-state index contributed by atoms with van der Waals surface area (Å²) >= 11 is 0. The maximum absolute atomic E-state index is 13.1. The summed E-state index contributed by atoms with van der Waals surface area (Å²) in [4.78, 5) is 15.8. The number of halogens is 1. The smallest absolute Gasteiger partial charge is 0.177 e. The second-order valence-electron chi connectivity index (χ2n) is 9.45. The summed E-state index contributed by atoms with van der Waals surface area (Å²) in [6.07, 6.45) is 6.78. The van der Waals surface area contributed by atoms with Gasteiger partial charge >= 0.3 is 0 Å². The zero-order valence-corrected chi connectivity index (χ0v) is 16.6. The van der Waals surface area contributed by atoms with Gasteiger partial charge in [0, 0.05) is 29.5 Å². The van der Waals surface area contributed by atoms with E-state index in [1.165, 1.54) is 36.9 Å². The van der Waals surface area contributed by atoms with Crippen LogP contribution in [0.4, 0.5) is 0 Å². The number of ketones is 1. The highest BCUT2D eigenvalue weighted by molar-refractivity contribution is 5.90. The molecule has 5 heteroatoms. The SMILES string of the molecule is CC1C[C@H]2[C@H]3Cc4ccc(O)c5c4[C@@]2(CCN3CC2CCC2)C(O5)C1=O.Cl. The summed E-state index contributed by atoms with van der Waals surface area (Å²) in [6, 6.07) is 4.37. The van der Waals surface area contributed by atoms with Gasteiger partial charge in [0.05, 0.1) is 0 Å². The molecule has 1 aromatic rings. The molecule has 6 rings (SSSR count). The maximum atomic E-state index is 13.1. The molecule has 2 aliphatic heterocycles. The van der Waals surface area contributed by atoms with Crippen LogP contribution in [0.1, 0.15) is 50.2 Å². The van der Waals surface area contributed by atoms with Gasteiger partial charge in [0.1, 0.15) is 0 Å². The second kappa shape index (κ2) is 5.87. The highest BCUT2D eigenvalue weighted by Gasteiger charge is 2.67. The molecule has 1 N–H and O–H groups in total. The number of hydrogen-bond donors (Lipinski definition) is 1. The maximum Gasteiger partial charge on any atom is 0.177 e. The molecule has 1 saturated heterocycles. The molecule has 3 fully saturated rings. The molecule has 2 unspecified atom stereocenters. The molecular weight excluding hydrogens is 362 g/mol. The van der Waals surface area contributed by atoms with Crippen LogP contribution in [0.2, 0.25) is 0 Å². The lowest BCUT2D eigenvalue weighted by molar-refractivity contribution is -0.145. The van der Waals surface area contributed by atoms with E-state index < -0.39 is 0 Å². The molecule has 5 atom stereocenters. The zero-order valence-electron chi connectivity index (χ0n) is 15.8. The first kappa shape index (κ1) is 17.8. The Labute approximate surface area is 166 Å². The molecule has 1 spiro atoms. The quantitative estimate of drug-likeness (QED) is 0.841. The van der Waals surface area contributed by atoms with E-state index in [1.807, 2.05) is 0 Å². The number of aromatic hydroxyl groups is 1. The Balaban J connectivity index is 0.00000160. The van der Waals surface area contributed by atoms with Gasteiger partial charge in [-0.25, -0.2) is 0 Å². The highest BCUT2D eigenvalue weighted by atomic mass is 35.5. The molecule has 1 aromatic carbocycles. The number of nitrogens with zero attached hydrogens (tertiary/aromatic N) is 1. The van der Waals surface area contributed by atoms with Crippen LogP contribution in [0.3, 0.4) is 0 Å². The molecule has 3 aliphatic carbocycles. The van der Waals surface area contributed by atoms with E-state index in [2.05, 4.69) is 17.9 Å². The number of likely N-dealkylation sites (tertiary alicyclic amines) is 1. The second-order valence-corrected chi connectivity index (χ2v) is 9.45. The molecule has 2 bridgehead atoms. The van der Waals surface area contributed by atoms with Gasteiger partial charge in [-0.05, 0) is 62.1 Å². The van der Waals surface area contributed by atoms with E-state index in [0.29, 0.717) is 17.7 Å². The Kier molecular flexibility index (Phi) is 3.87. The lowest BCUT2D eigenvalue weighted by Crippen LogP contribution is -2.67. The van der Waals surface area contributed by atoms with E-state index >= 15 is 0 Å². The van der Waals surface area contributed by atoms with Crippen LogP contribution in [-0.4, -0.2) is 41.0 Å². The third-order valence-electron chi connectivity index (χ3n) is 8.30. The van der Waals surface area contributed by atoms with E-state index in [1.54, 1.807) is 6.07 Å². The normalized spacial score (nSPS) is 39.2. The van der Waals surface area contributed by atoms with Gasteiger partial charge < -0.3 is 9.84 Å². The number of phenols is 1. The number of hydrogen-bond acceptors (Lipinski definition) is 4. The number of benzene rings is 1. The van der Waals surface area contributed by atoms with Crippen LogP contribution in [0, 0.1) is 17.8 Å². The minimum Gasteiger partial charge on any atom is -0.504 e. The summed E-state index contributed by atoms with van der Waals surface area (Å²) in [7, 11) is 0. The van der Waals surface area contributed by atoms with Gasteiger partial charge in [-0.2, -0.15) is 0 Å². The fourth-order valence-electron chi connectivity index (χ4n) is 6.84. The third kappa shape index (κ3) is 2.12. The first-order valence-electron chi connectivity index (χ1n) is 10.4. The summed E-state index contributed by atoms with van der Waals surface area (Å²) < 4.78 is 6.22. The fourth-order valence-corrected chi connectivity index (χ4v) is 6.84. The number of Topliss-reactive ketones (excluding diaryl/α,β-unsaturated/α-hetero) is 1. The molecule has 0 radical (unpaired) electrons. The average Bonchev–Trinajstić information content (AvgIpc) is 2.93. The van der Waals surface area contributed by atoms with Crippen molar-refractivity contribution in [1.82, 2.24) is 4.90 Å². The van der Waals surface area contributed by atoms with E-state index in [0.717, 1.165) is 31.7 Å². The Morgan fingerprint density at radius 3 is 2.89 bits per heavy atom. The van der Waals surface area contributed by atoms with E-state index in [4.69, 9.17) is 4.74 Å². The minimum absolute atomic E-state index is 0. The van der Waals surface area contributed by atoms with Gasteiger partial charge in [0.15, 0.2) is 23.4 Å². The number of phenolic OH excluding ortho intramolecular Hbond substituents is 1. The molecule has 0 aromatic heterocycles. The topological polar surface area (TPSA) is 49.8 Å². The number of carbonyl (C=O) groups excluding carboxylic acids is 1. The van der Waals surface area contributed by atoms with Gasteiger partial charge in [-0.15, -0.1) is 12.4 Å². The van der Waals surface area contributed by atoms with Crippen molar-refractivity contribution in [3.8, 4) is 11.5 Å². The monoisotopic (exact) mass is 389 g/mol. The molecule has 27 heavy (non-hydrogen) atoms. The van der Waals surface area contributed by atoms with Gasteiger partial charge in [-0.3, -0.25) is 9.69 Å². The Morgan fingerprint density at radius 2 is 2.15 bits per heavy atom. The van der Waals surface area contributed by atoms with Crippen molar-refractivity contribution in [2.45, 2.75) is 63.0 Å². The van der Waals surface area contributed by atoms with E-state index in [-0.39, 0.29) is 41.4 Å². The number of carbonyl (C=O) groups is 1. The van der Waals surface area contributed by atoms with Crippen LogP contribution >= 0.6 is 12.4 Å². The van der Waals surface area contributed by atoms with Crippen LogP contribution in [0.15, 0.2) is 12.1 Å². The van der Waals surface area contributed by atoms with Crippen molar-refractivity contribution in [1.29, 1.82) is 0 Å². The predicted molar refractivity (Wildman–Crippen MR) is 105 cm³/mol. The van der Waals surface area contributed by atoms with Crippen molar-refractivity contribution in [3.63, 3.8) is 0 Å². The number of piperidine rings is 1. The highest BCUT2D eigenvalue weighted by Crippen LogP contribution is 2.63. The molecule has 2 saturated carbocycles. The van der Waals surface area contributed by atoms with Crippen LogP contribution < -0.4 is 4.74 Å². The van der Waals surface area contributed by atoms with Gasteiger partial charge in [0.2, 0.25) is 0 Å². The fraction of sp³-hybridized carbons (Fsp3) is 0.682. The van der Waals surface area contributed by atoms with Crippen molar-refractivity contribution >= 4 is 18.2 Å². The lowest BCUT2D eigenvalue weighted by Gasteiger charge is -2.59. The average molecular weight is 390 g/mol. The van der Waals surface area contributed by atoms with Crippen LogP contribution in [0.5, 0.6) is 11.5 Å². The Morgan fingerprint density at radius 1 is 1.33 bits per heavy atom. The molecule has 2 heterocycles. The van der Waals surface area contributed by atoms with Gasteiger partial charge in [0.25, 0.3) is 0 Å². The van der Waals surface area contributed by atoms with Crippen molar-refractivity contribution < 1.29 is 14.6 Å². The van der Waals surface area contributed by atoms with Crippen molar-refractivity contribution in [3.05, 3.63) is 23.3 Å². The minimum atomic E-state index is -0.382. The van der Waals surface area contributed by atoms with Gasteiger partial charge in [-0.1, -0.05) is 19.4 Å². The number of ether oxygens (including phenoxy) is 1. The summed E-state index contributed by atoms with van der Waals surface area (Å²) in [5, 5.41) is 10.4. The molecule has 4 nitrogen and oxygen atoms in total. The molecular formula is C22H28ClNO3. The third-order valence-corrected chi connectivity index (χ3v) is 8.30.